The second-order valence-corrected chi connectivity index (χ2v) is 7.34. The fourth-order valence-corrected chi connectivity index (χ4v) is 4.25. The molecule has 0 saturated heterocycles. The molecule has 0 N–H and O–H groups in total. The molecule has 4 aromatic rings. The summed E-state index contributed by atoms with van der Waals surface area (Å²) in [6.45, 7) is 0. The maximum absolute atomic E-state index is 13.2. The van der Waals surface area contributed by atoms with Crippen molar-refractivity contribution < 1.29 is 13.2 Å². The third-order valence-corrected chi connectivity index (χ3v) is 5.64. The van der Waals surface area contributed by atoms with Gasteiger partial charge in [-0.2, -0.15) is 13.2 Å². The van der Waals surface area contributed by atoms with Crippen molar-refractivity contribution in [3.63, 3.8) is 0 Å². The minimum absolute atomic E-state index is 0.506. The van der Waals surface area contributed by atoms with Gasteiger partial charge in [-0.15, -0.1) is 22.7 Å². The summed E-state index contributed by atoms with van der Waals surface area (Å²) < 4.78 is 41.4. The Morgan fingerprint density at radius 3 is 1.80 bits per heavy atom. The Hall–Kier alpha value is -2.31. The number of benzene rings is 1. The highest BCUT2D eigenvalue weighted by molar-refractivity contribution is 7.14. The van der Waals surface area contributed by atoms with E-state index in [1.807, 2.05) is 51.7 Å². The standard InChI is InChI=1S/C19H12F3NS2/c20-19(21,22)13-4-1-5-14(12-13)23-15(17-6-2-10-24-17)8-9-16(23)18-7-3-11-25-18/h1-12H. The van der Waals surface area contributed by atoms with Crippen LogP contribution >= 0.6 is 22.7 Å². The van der Waals surface area contributed by atoms with Crippen LogP contribution in [0.3, 0.4) is 0 Å². The van der Waals surface area contributed by atoms with E-state index in [0.717, 1.165) is 27.2 Å². The van der Waals surface area contributed by atoms with E-state index in [9.17, 15) is 13.2 Å². The largest absolute Gasteiger partial charge is 0.416 e. The first-order valence-corrected chi connectivity index (χ1v) is 9.27. The maximum Gasteiger partial charge on any atom is 0.416 e. The molecule has 0 spiro atoms. The van der Waals surface area contributed by atoms with Crippen LogP contribution in [-0.4, -0.2) is 4.57 Å². The SMILES string of the molecule is FC(F)(F)c1cccc(-n2c(-c3cccs3)ccc2-c2cccs2)c1. The molecule has 0 saturated carbocycles. The van der Waals surface area contributed by atoms with Gasteiger partial charge in [0.05, 0.1) is 26.7 Å². The number of rotatable bonds is 3. The third kappa shape index (κ3) is 3.03. The first-order valence-electron chi connectivity index (χ1n) is 7.51. The van der Waals surface area contributed by atoms with E-state index < -0.39 is 11.7 Å². The molecule has 0 radical (unpaired) electrons. The summed E-state index contributed by atoms with van der Waals surface area (Å²) in [6, 6.07) is 17.2. The van der Waals surface area contributed by atoms with Gasteiger partial charge in [-0.05, 0) is 53.2 Å². The fraction of sp³-hybridized carbons (Fsp3) is 0.0526. The van der Waals surface area contributed by atoms with E-state index in [-0.39, 0.29) is 0 Å². The Kier molecular flexibility index (Phi) is 4.01. The molecular weight excluding hydrogens is 363 g/mol. The number of hydrogen-bond acceptors (Lipinski definition) is 2. The van der Waals surface area contributed by atoms with Crippen molar-refractivity contribution in [1.82, 2.24) is 4.57 Å². The van der Waals surface area contributed by atoms with Crippen LogP contribution in [0.5, 0.6) is 0 Å². The topological polar surface area (TPSA) is 4.93 Å². The first-order chi connectivity index (χ1) is 12.0. The average molecular weight is 375 g/mol. The Labute approximate surface area is 150 Å². The van der Waals surface area contributed by atoms with Crippen LogP contribution in [0.2, 0.25) is 0 Å². The second kappa shape index (κ2) is 6.20. The molecule has 0 aliphatic heterocycles. The normalized spacial score (nSPS) is 11.8. The van der Waals surface area contributed by atoms with Crippen LogP contribution in [0.4, 0.5) is 13.2 Å². The smallest absolute Gasteiger partial charge is 0.308 e. The molecule has 4 rings (SSSR count). The highest BCUT2D eigenvalue weighted by Gasteiger charge is 2.31. The lowest BCUT2D eigenvalue weighted by atomic mass is 10.2. The van der Waals surface area contributed by atoms with Crippen LogP contribution < -0.4 is 0 Å². The molecule has 126 valence electrons. The van der Waals surface area contributed by atoms with Crippen LogP contribution in [-0.2, 0) is 6.18 Å². The number of aromatic nitrogens is 1. The molecular formula is C19H12F3NS2. The molecule has 1 nitrogen and oxygen atoms in total. The molecule has 3 aromatic heterocycles. The molecule has 0 bridgehead atoms. The molecule has 1 aromatic carbocycles. The number of halogens is 3. The fourth-order valence-electron chi connectivity index (χ4n) is 2.77. The summed E-state index contributed by atoms with van der Waals surface area (Å²) >= 11 is 3.13. The van der Waals surface area contributed by atoms with Crippen LogP contribution in [0, 0.1) is 0 Å². The maximum atomic E-state index is 13.2. The Morgan fingerprint density at radius 2 is 1.32 bits per heavy atom. The number of thiophene rings is 2. The van der Waals surface area contributed by atoms with E-state index in [2.05, 4.69) is 0 Å². The van der Waals surface area contributed by atoms with Gasteiger partial charge < -0.3 is 4.57 Å². The molecule has 0 amide bonds. The number of alkyl halides is 3. The van der Waals surface area contributed by atoms with E-state index in [4.69, 9.17) is 0 Å². The van der Waals surface area contributed by atoms with E-state index in [1.165, 1.54) is 12.1 Å². The first kappa shape index (κ1) is 16.2. The highest BCUT2D eigenvalue weighted by Crippen LogP contribution is 2.37. The Morgan fingerprint density at radius 1 is 0.720 bits per heavy atom. The van der Waals surface area contributed by atoms with E-state index in [0.29, 0.717) is 5.69 Å². The molecule has 0 aliphatic carbocycles. The van der Waals surface area contributed by atoms with Gasteiger partial charge in [-0.1, -0.05) is 18.2 Å². The van der Waals surface area contributed by atoms with Gasteiger partial charge in [0.1, 0.15) is 0 Å². The number of nitrogens with zero attached hydrogens (tertiary/aromatic N) is 1. The summed E-state index contributed by atoms with van der Waals surface area (Å²) in [5.74, 6) is 0. The van der Waals surface area contributed by atoms with Crippen LogP contribution in [0.15, 0.2) is 71.4 Å². The van der Waals surface area contributed by atoms with Crippen LogP contribution in [0.25, 0.3) is 26.8 Å². The Balaban J connectivity index is 1.95. The zero-order valence-corrected chi connectivity index (χ0v) is 14.5. The monoisotopic (exact) mass is 375 g/mol. The lowest BCUT2D eigenvalue weighted by Gasteiger charge is -2.15. The number of hydrogen-bond donors (Lipinski definition) is 0. The van der Waals surface area contributed by atoms with E-state index >= 15 is 0 Å². The van der Waals surface area contributed by atoms with Gasteiger partial charge in [0.25, 0.3) is 0 Å². The summed E-state index contributed by atoms with van der Waals surface area (Å²) in [7, 11) is 0. The third-order valence-electron chi connectivity index (χ3n) is 3.86. The molecule has 0 unspecified atom stereocenters. The zero-order chi connectivity index (χ0) is 17.4. The van der Waals surface area contributed by atoms with Gasteiger partial charge in [0, 0.05) is 5.69 Å². The summed E-state index contributed by atoms with van der Waals surface area (Å²) in [5, 5.41) is 3.92. The predicted octanol–water partition coefficient (Wildman–Crippen LogP) is 6.95. The van der Waals surface area contributed by atoms with Crippen molar-refractivity contribution in [1.29, 1.82) is 0 Å². The van der Waals surface area contributed by atoms with Crippen LogP contribution in [0.1, 0.15) is 5.56 Å². The molecule has 0 atom stereocenters. The molecule has 25 heavy (non-hydrogen) atoms. The quantitative estimate of drug-likeness (QED) is 0.365. The molecule has 0 fully saturated rings. The van der Waals surface area contributed by atoms with Crippen molar-refractivity contribution in [2.75, 3.05) is 0 Å². The van der Waals surface area contributed by atoms with Gasteiger partial charge in [-0.25, -0.2) is 0 Å². The van der Waals surface area contributed by atoms with Crippen molar-refractivity contribution in [3.8, 4) is 26.8 Å². The summed E-state index contributed by atoms with van der Waals surface area (Å²) in [5.41, 5.74) is 1.63. The average Bonchev–Trinajstić information content (AvgIpc) is 3.33. The van der Waals surface area contributed by atoms with Crippen molar-refractivity contribution in [3.05, 3.63) is 77.0 Å². The zero-order valence-electron chi connectivity index (χ0n) is 12.8. The van der Waals surface area contributed by atoms with Crippen molar-refractivity contribution in [2.24, 2.45) is 0 Å². The van der Waals surface area contributed by atoms with Gasteiger partial charge in [0.15, 0.2) is 0 Å². The van der Waals surface area contributed by atoms with Gasteiger partial charge in [0.2, 0.25) is 0 Å². The van der Waals surface area contributed by atoms with Gasteiger partial charge in [-0.3, -0.25) is 0 Å². The molecule has 0 aliphatic rings. The molecule has 3 heterocycles. The Bertz CT molecular complexity index is 929. The summed E-state index contributed by atoms with van der Waals surface area (Å²) in [6.07, 6.45) is -4.37. The second-order valence-electron chi connectivity index (χ2n) is 5.44. The molecule has 6 heteroatoms. The predicted molar refractivity (Wildman–Crippen MR) is 97.4 cm³/mol. The van der Waals surface area contributed by atoms with Gasteiger partial charge >= 0.3 is 6.18 Å². The minimum Gasteiger partial charge on any atom is -0.308 e. The van der Waals surface area contributed by atoms with Crippen molar-refractivity contribution >= 4 is 22.7 Å². The van der Waals surface area contributed by atoms with Crippen molar-refractivity contribution in [2.45, 2.75) is 6.18 Å². The lowest BCUT2D eigenvalue weighted by molar-refractivity contribution is -0.137. The highest BCUT2D eigenvalue weighted by atomic mass is 32.1. The van der Waals surface area contributed by atoms with E-state index in [1.54, 1.807) is 28.7 Å². The summed E-state index contributed by atoms with van der Waals surface area (Å²) in [4.78, 5) is 2.03. The minimum atomic E-state index is -4.37. The lowest BCUT2D eigenvalue weighted by Crippen LogP contribution is -2.06.